The second-order valence-corrected chi connectivity index (χ2v) is 15.0. The second-order valence-electron chi connectivity index (χ2n) is 14.2. The Hall–Kier alpha value is -5.88. The van der Waals surface area contributed by atoms with Gasteiger partial charge >= 0.3 is 0 Å². The van der Waals surface area contributed by atoms with Gasteiger partial charge in [-0.3, -0.25) is 14.5 Å². The predicted molar refractivity (Wildman–Crippen MR) is 226 cm³/mol. The number of anilines is 4. The Kier molecular flexibility index (Phi) is 13.7. The lowest BCUT2D eigenvalue weighted by molar-refractivity contribution is 0.0949. The first kappa shape index (κ1) is 42.3. The maximum atomic E-state index is 15.4. The molecular weight excluding hydrogens is 813 g/mol. The third kappa shape index (κ3) is 9.44. The van der Waals surface area contributed by atoms with Crippen molar-refractivity contribution in [2.24, 2.45) is 0 Å². The molecule has 2 fully saturated rings. The zero-order valence-corrected chi connectivity index (χ0v) is 34.6. The Morgan fingerprint density at radius 3 is 1.98 bits per heavy atom. The zero-order valence-electron chi connectivity index (χ0n) is 33.1. The molecule has 5 aromatic rings. The molecule has 17 nitrogen and oxygen atoms in total. The highest BCUT2D eigenvalue weighted by Crippen LogP contribution is 2.33. The van der Waals surface area contributed by atoms with Crippen molar-refractivity contribution in [2.45, 2.75) is 57.4 Å². The molecule has 0 spiro atoms. The quantitative estimate of drug-likeness (QED) is 0.106. The lowest BCUT2D eigenvalue weighted by Gasteiger charge is -2.28. The summed E-state index contributed by atoms with van der Waals surface area (Å²) >= 11 is 13.1. The van der Waals surface area contributed by atoms with Crippen molar-refractivity contribution in [3.8, 4) is 11.5 Å². The Morgan fingerprint density at radius 2 is 1.38 bits per heavy atom. The molecule has 2 aliphatic heterocycles. The molecule has 2 atom stereocenters. The van der Waals surface area contributed by atoms with Crippen molar-refractivity contribution in [1.29, 1.82) is 0 Å². The highest BCUT2D eigenvalue weighted by molar-refractivity contribution is 6.32. The molecule has 314 valence electrons. The van der Waals surface area contributed by atoms with Crippen LogP contribution >= 0.6 is 23.2 Å². The van der Waals surface area contributed by atoms with E-state index < -0.39 is 11.8 Å². The standard InChI is InChI=1S/C41H45Cl2N11O6/c1-59-33-10-8-25(16-31(33)42)18-46-36-29(19-48-40(50-36)52-14-3-6-27(52)23-55)39(58)54(22-26-9-11-34(60-2)32(43)17-26)37-30(38(57)47-21-35-44-12-5-13-45-35)20-49-41(51-37)53-15-4-7-28(53)24-56/h5,8-13,16-17,19-20,27-28,55-56H,3-4,6-7,14-15,18,21-24H2,1-2H3,(H,47,57)(H,46,48,50). The fraction of sp³-hybridized carbons (Fsp3) is 0.366. The molecule has 2 aromatic carbocycles. The van der Waals surface area contributed by atoms with Crippen LogP contribution in [0, 0.1) is 0 Å². The zero-order chi connectivity index (χ0) is 42.2. The van der Waals surface area contributed by atoms with E-state index in [1.54, 1.807) is 48.8 Å². The number of hydrogen-bond donors (Lipinski definition) is 4. The fourth-order valence-corrected chi connectivity index (χ4v) is 7.87. The van der Waals surface area contributed by atoms with Gasteiger partial charge in [0.1, 0.15) is 34.3 Å². The van der Waals surface area contributed by atoms with Crippen LogP contribution in [-0.2, 0) is 19.6 Å². The van der Waals surface area contributed by atoms with Crippen LogP contribution in [0.15, 0.2) is 67.3 Å². The van der Waals surface area contributed by atoms with Crippen LogP contribution in [0.3, 0.4) is 0 Å². The van der Waals surface area contributed by atoms with Gasteiger partial charge in [-0.25, -0.2) is 19.9 Å². The summed E-state index contributed by atoms with van der Waals surface area (Å²) < 4.78 is 10.7. The number of carbonyl (C=O) groups excluding carboxylic acids is 2. The number of hydrogen-bond acceptors (Lipinski definition) is 15. The van der Waals surface area contributed by atoms with E-state index in [9.17, 15) is 15.0 Å². The number of halogens is 2. The number of rotatable bonds is 16. The monoisotopic (exact) mass is 857 g/mol. The largest absolute Gasteiger partial charge is 0.495 e. The summed E-state index contributed by atoms with van der Waals surface area (Å²) in [6.07, 6.45) is 9.07. The van der Waals surface area contributed by atoms with E-state index in [1.165, 1.54) is 31.5 Å². The van der Waals surface area contributed by atoms with E-state index in [0.29, 0.717) is 58.4 Å². The van der Waals surface area contributed by atoms with E-state index in [2.05, 4.69) is 30.6 Å². The lowest BCUT2D eigenvalue weighted by atomic mass is 10.1. The van der Waals surface area contributed by atoms with E-state index >= 15 is 4.79 Å². The van der Waals surface area contributed by atoms with Crippen molar-refractivity contribution < 1.29 is 29.3 Å². The Labute approximate surface area is 356 Å². The number of aliphatic hydroxyl groups is 2. The molecule has 4 N–H and O–H groups in total. The molecule has 7 rings (SSSR count). The smallest absolute Gasteiger partial charge is 0.265 e. The Balaban J connectivity index is 1.35. The van der Waals surface area contributed by atoms with Gasteiger partial charge in [-0.05, 0) is 67.1 Å². The SMILES string of the molecule is COc1ccc(CNc2nc(N3CCCC3CO)ncc2C(=O)N(Cc2ccc(OC)c(Cl)c2)c2nc(N3CCCC3CO)ncc2C(=O)NCc2ncccn2)cc1Cl. The van der Waals surface area contributed by atoms with Gasteiger partial charge in [0.05, 0.1) is 62.7 Å². The number of carbonyl (C=O) groups is 2. The second kappa shape index (κ2) is 19.5. The third-order valence-electron chi connectivity index (χ3n) is 10.5. The minimum atomic E-state index is -0.603. The molecule has 2 aliphatic rings. The van der Waals surface area contributed by atoms with Gasteiger partial charge in [0.2, 0.25) is 11.9 Å². The molecule has 0 saturated carbocycles. The molecule has 60 heavy (non-hydrogen) atoms. The van der Waals surface area contributed by atoms with Crippen molar-refractivity contribution in [1.82, 2.24) is 35.2 Å². The van der Waals surface area contributed by atoms with Crippen molar-refractivity contribution >= 4 is 58.5 Å². The number of amides is 2. The van der Waals surface area contributed by atoms with Gasteiger partial charge in [0, 0.05) is 44.4 Å². The average molecular weight is 859 g/mol. The molecule has 2 amide bonds. The van der Waals surface area contributed by atoms with E-state index in [4.69, 9.17) is 42.6 Å². The first-order valence-electron chi connectivity index (χ1n) is 19.4. The van der Waals surface area contributed by atoms with Gasteiger partial charge in [-0.2, -0.15) is 9.97 Å². The summed E-state index contributed by atoms with van der Waals surface area (Å²) in [4.78, 5) is 62.1. The summed E-state index contributed by atoms with van der Waals surface area (Å²) in [5, 5.41) is 27.3. The molecular formula is C41H45Cl2N11O6. The van der Waals surface area contributed by atoms with Gasteiger partial charge in [0.15, 0.2) is 5.82 Å². The lowest BCUT2D eigenvalue weighted by Crippen LogP contribution is -2.38. The third-order valence-corrected chi connectivity index (χ3v) is 11.0. The van der Waals surface area contributed by atoms with Gasteiger partial charge < -0.3 is 40.1 Å². The number of nitrogens with zero attached hydrogens (tertiary/aromatic N) is 9. The summed E-state index contributed by atoms with van der Waals surface area (Å²) in [7, 11) is 3.04. The molecule has 5 heterocycles. The van der Waals surface area contributed by atoms with Crippen molar-refractivity contribution in [2.75, 3.05) is 60.5 Å². The molecule has 2 unspecified atom stereocenters. The minimum absolute atomic E-state index is 0.00824. The molecule has 0 aliphatic carbocycles. The number of aliphatic hydroxyl groups excluding tert-OH is 2. The maximum absolute atomic E-state index is 15.4. The van der Waals surface area contributed by atoms with E-state index in [1.807, 2.05) is 15.9 Å². The number of benzene rings is 2. The highest BCUT2D eigenvalue weighted by atomic mass is 35.5. The minimum Gasteiger partial charge on any atom is -0.495 e. The first-order valence-corrected chi connectivity index (χ1v) is 20.2. The average Bonchev–Trinajstić information content (AvgIpc) is 3.97. The van der Waals surface area contributed by atoms with Crippen LogP contribution in [0.4, 0.5) is 23.5 Å². The fourth-order valence-electron chi connectivity index (χ4n) is 7.31. The normalized spacial score (nSPS) is 16.2. The Morgan fingerprint density at radius 1 is 0.800 bits per heavy atom. The molecule has 0 radical (unpaired) electrons. The number of ether oxygens (including phenoxy) is 2. The summed E-state index contributed by atoms with van der Waals surface area (Å²) in [5.41, 5.74) is 1.43. The summed E-state index contributed by atoms with van der Waals surface area (Å²) in [5.74, 6) is 0.897. The maximum Gasteiger partial charge on any atom is 0.265 e. The van der Waals surface area contributed by atoms with Crippen molar-refractivity contribution in [3.63, 3.8) is 0 Å². The summed E-state index contributed by atoms with van der Waals surface area (Å²) in [6.45, 7) is 1.07. The van der Waals surface area contributed by atoms with E-state index in [0.717, 1.165) is 24.8 Å². The predicted octanol–water partition coefficient (Wildman–Crippen LogP) is 4.69. The summed E-state index contributed by atoms with van der Waals surface area (Å²) in [6, 6.07) is 11.7. The van der Waals surface area contributed by atoms with Crippen LogP contribution in [0.5, 0.6) is 11.5 Å². The molecule has 19 heteroatoms. The van der Waals surface area contributed by atoms with E-state index in [-0.39, 0.29) is 73.6 Å². The van der Waals surface area contributed by atoms with Gasteiger partial charge in [-0.1, -0.05) is 35.3 Å². The molecule has 2 saturated heterocycles. The first-order chi connectivity index (χ1) is 29.2. The van der Waals surface area contributed by atoms with Crippen molar-refractivity contribution in [3.05, 3.63) is 105 Å². The number of nitrogens with one attached hydrogen (secondary N) is 2. The molecule has 0 bridgehead atoms. The van der Waals surface area contributed by atoms with Gasteiger partial charge in [0.25, 0.3) is 11.8 Å². The molecule has 3 aromatic heterocycles. The van der Waals surface area contributed by atoms with Crippen LogP contribution < -0.4 is 34.8 Å². The van der Waals surface area contributed by atoms with Crippen LogP contribution in [0.1, 0.15) is 63.4 Å². The van der Waals surface area contributed by atoms with Gasteiger partial charge in [-0.15, -0.1) is 0 Å². The Bertz CT molecular complexity index is 2310. The van der Waals surface area contributed by atoms with Crippen LogP contribution in [-0.4, -0.2) is 105 Å². The number of aromatic nitrogens is 6. The topological polar surface area (TPSA) is 204 Å². The number of methoxy groups -OCH3 is 2. The highest BCUT2D eigenvalue weighted by Gasteiger charge is 2.33. The van der Waals surface area contributed by atoms with Crippen LogP contribution in [0.2, 0.25) is 10.0 Å². The van der Waals surface area contributed by atoms with Crippen LogP contribution in [0.25, 0.3) is 0 Å².